The van der Waals surface area contributed by atoms with Gasteiger partial charge in [0, 0.05) is 29.4 Å². The molecule has 0 radical (unpaired) electrons. The van der Waals surface area contributed by atoms with Gasteiger partial charge in [0.05, 0.1) is 0 Å². The lowest BCUT2D eigenvalue weighted by atomic mass is 10.2. The van der Waals surface area contributed by atoms with Crippen LogP contribution in [0.15, 0.2) is 36.4 Å². The lowest BCUT2D eigenvalue weighted by Crippen LogP contribution is -2.36. The predicted molar refractivity (Wildman–Crippen MR) is 95.4 cm³/mol. The van der Waals surface area contributed by atoms with E-state index in [0.29, 0.717) is 27.9 Å². The summed E-state index contributed by atoms with van der Waals surface area (Å²) < 4.78 is 10.5. The highest BCUT2D eigenvalue weighted by Gasteiger charge is 2.18. The number of amides is 2. The molecule has 2 aromatic rings. The number of carbonyl (C=O) groups is 2. The molecule has 0 fully saturated rings. The van der Waals surface area contributed by atoms with Gasteiger partial charge in [0.25, 0.3) is 0 Å². The van der Waals surface area contributed by atoms with E-state index in [1.165, 1.54) is 11.8 Å². The maximum Gasteiger partial charge on any atom is 0.244 e. The fourth-order valence-corrected chi connectivity index (χ4v) is 2.63. The number of nitrogens with one attached hydrogen (secondary N) is 1. The van der Waals surface area contributed by atoms with Crippen LogP contribution in [-0.2, 0) is 9.59 Å². The van der Waals surface area contributed by atoms with Crippen molar-refractivity contribution in [3.8, 4) is 11.5 Å². The van der Waals surface area contributed by atoms with Crippen molar-refractivity contribution in [3.63, 3.8) is 0 Å². The molecule has 0 aromatic heterocycles. The summed E-state index contributed by atoms with van der Waals surface area (Å²) in [4.78, 5) is 25.7. The fraction of sp³-hybridized carbons (Fsp3) is 0.222. The first-order chi connectivity index (χ1) is 11.9. The number of anilines is 2. The average molecular weight is 361 g/mol. The molecular weight excluding hydrogens is 344 g/mol. The van der Waals surface area contributed by atoms with Gasteiger partial charge in [-0.1, -0.05) is 17.7 Å². The molecule has 1 aliphatic rings. The van der Waals surface area contributed by atoms with Crippen molar-refractivity contribution in [1.29, 1.82) is 0 Å². The molecule has 1 N–H and O–H groups in total. The Morgan fingerprint density at radius 2 is 1.92 bits per heavy atom. The highest BCUT2D eigenvalue weighted by molar-refractivity contribution is 6.31. The van der Waals surface area contributed by atoms with E-state index in [2.05, 4.69) is 5.32 Å². The van der Waals surface area contributed by atoms with E-state index in [1.807, 2.05) is 13.0 Å². The molecule has 0 saturated carbocycles. The summed E-state index contributed by atoms with van der Waals surface area (Å²) >= 11 is 6.12. The zero-order valence-corrected chi connectivity index (χ0v) is 14.6. The first-order valence-electron chi connectivity index (χ1n) is 7.68. The van der Waals surface area contributed by atoms with Crippen molar-refractivity contribution in [1.82, 2.24) is 0 Å². The molecule has 0 bridgehead atoms. The summed E-state index contributed by atoms with van der Waals surface area (Å²) in [5.41, 5.74) is 2.04. The van der Waals surface area contributed by atoms with Crippen LogP contribution in [0, 0.1) is 6.92 Å². The van der Waals surface area contributed by atoms with Crippen LogP contribution >= 0.6 is 11.6 Å². The Balaban J connectivity index is 1.72. The predicted octanol–water partition coefficient (Wildman–Crippen LogP) is 3.37. The molecule has 2 aromatic carbocycles. The molecule has 3 rings (SSSR count). The van der Waals surface area contributed by atoms with Gasteiger partial charge in [0.1, 0.15) is 6.54 Å². The average Bonchev–Trinajstić information content (AvgIpc) is 3.03. The molecule has 0 aliphatic carbocycles. The topological polar surface area (TPSA) is 67.9 Å². The van der Waals surface area contributed by atoms with E-state index in [0.717, 1.165) is 5.56 Å². The standard InChI is InChI=1S/C18H17ClN2O4/c1-11-3-5-14(8-15(11)19)21(12(2)22)9-18(23)20-13-4-6-16-17(7-13)25-10-24-16/h3-8H,9-10H2,1-2H3,(H,20,23). The molecule has 0 atom stereocenters. The van der Waals surface area contributed by atoms with Crippen molar-refractivity contribution in [2.45, 2.75) is 13.8 Å². The summed E-state index contributed by atoms with van der Waals surface area (Å²) in [6.07, 6.45) is 0. The molecule has 0 unspecified atom stereocenters. The van der Waals surface area contributed by atoms with E-state index in [9.17, 15) is 9.59 Å². The van der Waals surface area contributed by atoms with Crippen LogP contribution in [0.1, 0.15) is 12.5 Å². The van der Waals surface area contributed by atoms with Crippen molar-refractivity contribution >= 4 is 34.8 Å². The van der Waals surface area contributed by atoms with Gasteiger partial charge in [-0.15, -0.1) is 0 Å². The lowest BCUT2D eigenvalue weighted by molar-refractivity contribution is -0.120. The number of hydrogen-bond acceptors (Lipinski definition) is 4. The summed E-state index contributed by atoms with van der Waals surface area (Å²) in [6.45, 7) is 3.32. The third-order valence-electron chi connectivity index (χ3n) is 3.81. The second-order valence-electron chi connectivity index (χ2n) is 5.65. The number of ether oxygens (including phenoxy) is 2. The zero-order valence-electron chi connectivity index (χ0n) is 13.8. The molecule has 6 nitrogen and oxygen atoms in total. The highest BCUT2D eigenvalue weighted by atomic mass is 35.5. The Bertz CT molecular complexity index is 838. The monoisotopic (exact) mass is 360 g/mol. The van der Waals surface area contributed by atoms with Crippen LogP contribution in [0.25, 0.3) is 0 Å². The SMILES string of the molecule is CC(=O)N(CC(=O)Nc1ccc2c(c1)OCO2)c1ccc(C)c(Cl)c1. The van der Waals surface area contributed by atoms with Crippen LogP contribution in [0.2, 0.25) is 5.02 Å². The maximum absolute atomic E-state index is 12.3. The van der Waals surface area contributed by atoms with Crippen LogP contribution < -0.4 is 19.7 Å². The molecular formula is C18H17ClN2O4. The summed E-state index contributed by atoms with van der Waals surface area (Å²) in [7, 11) is 0. The van der Waals surface area contributed by atoms with E-state index in [-0.39, 0.29) is 25.2 Å². The Morgan fingerprint density at radius 1 is 1.16 bits per heavy atom. The Hall–Kier alpha value is -2.73. The van der Waals surface area contributed by atoms with Gasteiger partial charge in [-0.3, -0.25) is 9.59 Å². The Morgan fingerprint density at radius 3 is 2.64 bits per heavy atom. The minimum absolute atomic E-state index is 0.122. The van der Waals surface area contributed by atoms with Gasteiger partial charge in [-0.25, -0.2) is 0 Å². The van der Waals surface area contributed by atoms with Crippen molar-refractivity contribution < 1.29 is 19.1 Å². The summed E-state index contributed by atoms with van der Waals surface area (Å²) in [5, 5.41) is 3.29. The highest BCUT2D eigenvalue weighted by Crippen LogP contribution is 2.34. The third-order valence-corrected chi connectivity index (χ3v) is 4.21. The van der Waals surface area contributed by atoms with Gasteiger partial charge < -0.3 is 19.7 Å². The third kappa shape index (κ3) is 3.85. The summed E-state index contributed by atoms with van der Waals surface area (Å²) in [6, 6.07) is 10.4. The number of halogens is 1. The second kappa shape index (κ2) is 7.03. The maximum atomic E-state index is 12.3. The van der Waals surface area contributed by atoms with E-state index < -0.39 is 0 Å². The van der Waals surface area contributed by atoms with E-state index >= 15 is 0 Å². The second-order valence-corrected chi connectivity index (χ2v) is 6.06. The number of benzene rings is 2. The van der Waals surface area contributed by atoms with Crippen molar-refractivity contribution in [2.75, 3.05) is 23.6 Å². The minimum Gasteiger partial charge on any atom is -0.454 e. The molecule has 25 heavy (non-hydrogen) atoms. The molecule has 1 aliphatic heterocycles. The van der Waals surface area contributed by atoms with Crippen molar-refractivity contribution in [2.24, 2.45) is 0 Å². The molecule has 0 spiro atoms. The summed E-state index contributed by atoms with van der Waals surface area (Å²) in [5.74, 6) is 0.635. The number of nitrogens with zero attached hydrogens (tertiary/aromatic N) is 1. The van der Waals surface area contributed by atoms with Gasteiger partial charge in [-0.05, 0) is 36.8 Å². The molecule has 2 amide bonds. The molecule has 7 heteroatoms. The quantitative estimate of drug-likeness (QED) is 0.907. The van der Waals surface area contributed by atoms with Gasteiger partial charge in [0.15, 0.2) is 11.5 Å². The smallest absolute Gasteiger partial charge is 0.244 e. The normalized spacial score (nSPS) is 12.0. The first-order valence-corrected chi connectivity index (χ1v) is 8.05. The van der Waals surface area contributed by atoms with E-state index in [4.69, 9.17) is 21.1 Å². The minimum atomic E-state index is -0.328. The van der Waals surface area contributed by atoms with E-state index in [1.54, 1.807) is 30.3 Å². The Kier molecular flexibility index (Phi) is 4.81. The van der Waals surface area contributed by atoms with Gasteiger partial charge in [-0.2, -0.15) is 0 Å². The van der Waals surface area contributed by atoms with Crippen LogP contribution in [0.4, 0.5) is 11.4 Å². The number of hydrogen-bond donors (Lipinski definition) is 1. The van der Waals surface area contributed by atoms with Crippen LogP contribution in [-0.4, -0.2) is 25.2 Å². The largest absolute Gasteiger partial charge is 0.454 e. The zero-order chi connectivity index (χ0) is 18.0. The number of carbonyl (C=O) groups excluding carboxylic acids is 2. The Labute approximate surface area is 150 Å². The van der Waals surface area contributed by atoms with Crippen molar-refractivity contribution in [3.05, 3.63) is 47.0 Å². The number of fused-ring (bicyclic) bond motifs is 1. The number of aryl methyl sites for hydroxylation is 1. The van der Waals surface area contributed by atoms with Gasteiger partial charge in [0.2, 0.25) is 18.6 Å². The molecule has 130 valence electrons. The van der Waals surface area contributed by atoms with Crippen LogP contribution in [0.5, 0.6) is 11.5 Å². The van der Waals surface area contributed by atoms with Gasteiger partial charge >= 0.3 is 0 Å². The first kappa shape index (κ1) is 17.1. The van der Waals surface area contributed by atoms with Crippen LogP contribution in [0.3, 0.4) is 0 Å². The fourth-order valence-electron chi connectivity index (χ4n) is 2.45. The molecule has 0 saturated heterocycles. The lowest BCUT2D eigenvalue weighted by Gasteiger charge is -2.21. The number of rotatable bonds is 4. The molecule has 1 heterocycles.